The van der Waals surface area contributed by atoms with Gasteiger partial charge in [-0.15, -0.1) is 0 Å². The summed E-state index contributed by atoms with van der Waals surface area (Å²) in [5, 5.41) is 0. The number of H-pyrrole nitrogens is 1. The molecule has 7 heteroatoms. The number of nitrogens with one attached hydrogen (secondary N) is 1. The molecule has 0 radical (unpaired) electrons. The van der Waals surface area contributed by atoms with Crippen molar-refractivity contribution in [2.75, 3.05) is 20.1 Å². The lowest BCUT2D eigenvalue weighted by Gasteiger charge is -2.30. The van der Waals surface area contributed by atoms with Crippen LogP contribution in [0.2, 0.25) is 0 Å². The Labute approximate surface area is 187 Å². The number of hydrogen-bond donors (Lipinski definition) is 1. The van der Waals surface area contributed by atoms with Gasteiger partial charge in [-0.05, 0) is 63.5 Å². The van der Waals surface area contributed by atoms with Gasteiger partial charge in [0.25, 0.3) is 5.56 Å². The van der Waals surface area contributed by atoms with Crippen LogP contribution in [0.1, 0.15) is 57.0 Å². The molecule has 0 atom stereocenters. The van der Waals surface area contributed by atoms with Crippen molar-refractivity contribution in [3.63, 3.8) is 0 Å². The average Bonchev–Trinajstić information content (AvgIpc) is 3.42. The van der Waals surface area contributed by atoms with E-state index in [1.807, 2.05) is 6.33 Å². The molecule has 32 heavy (non-hydrogen) atoms. The minimum atomic E-state index is -0.0668. The molecule has 4 heterocycles. The van der Waals surface area contributed by atoms with Gasteiger partial charge in [-0.2, -0.15) is 0 Å². The van der Waals surface area contributed by atoms with E-state index in [2.05, 4.69) is 55.4 Å². The van der Waals surface area contributed by atoms with Crippen LogP contribution >= 0.6 is 0 Å². The van der Waals surface area contributed by atoms with E-state index in [0.717, 1.165) is 48.1 Å². The highest BCUT2D eigenvalue weighted by molar-refractivity contribution is 5.95. The zero-order valence-corrected chi connectivity index (χ0v) is 18.6. The van der Waals surface area contributed by atoms with E-state index in [0.29, 0.717) is 17.6 Å². The average molecular weight is 431 g/mol. The van der Waals surface area contributed by atoms with Gasteiger partial charge in [-0.1, -0.05) is 25.3 Å². The fraction of sp³-hybridized carbons (Fsp3) is 0.480. The first-order chi connectivity index (χ1) is 15.7. The van der Waals surface area contributed by atoms with Crippen molar-refractivity contribution < 1.29 is 0 Å². The Morgan fingerprint density at radius 1 is 0.969 bits per heavy atom. The van der Waals surface area contributed by atoms with Crippen molar-refractivity contribution in [2.45, 2.75) is 57.0 Å². The fourth-order valence-electron chi connectivity index (χ4n) is 5.72. The molecule has 0 bridgehead atoms. The zero-order valence-electron chi connectivity index (χ0n) is 18.6. The second kappa shape index (κ2) is 7.89. The number of aromatic nitrogens is 5. The SMILES string of the molecule is CN1CCC(n2cc(-c3ccc4c(c3)ncn4C3CCCCC3)c3nc[nH]c(=O)c32)CC1. The predicted molar refractivity (Wildman–Crippen MR) is 127 cm³/mol. The summed E-state index contributed by atoms with van der Waals surface area (Å²) in [5.41, 5.74) is 5.69. The molecule has 1 N–H and O–H groups in total. The molecule has 0 spiro atoms. The summed E-state index contributed by atoms with van der Waals surface area (Å²) in [6.45, 7) is 2.09. The van der Waals surface area contributed by atoms with Gasteiger partial charge < -0.3 is 19.0 Å². The first kappa shape index (κ1) is 19.7. The maximum absolute atomic E-state index is 12.8. The molecule has 4 aromatic rings. The van der Waals surface area contributed by atoms with E-state index in [1.54, 1.807) is 0 Å². The molecule has 1 aliphatic heterocycles. The molecule has 2 fully saturated rings. The molecule has 0 amide bonds. The molecule has 1 saturated heterocycles. The van der Waals surface area contributed by atoms with Crippen molar-refractivity contribution in [3.8, 4) is 11.1 Å². The Bertz CT molecular complexity index is 1320. The number of aromatic amines is 1. The Hall–Kier alpha value is -2.93. The van der Waals surface area contributed by atoms with Crippen LogP contribution < -0.4 is 5.56 Å². The number of benzene rings is 1. The van der Waals surface area contributed by atoms with Gasteiger partial charge in [0.2, 0.25) is 0 Å². The van der Waals surface area contributed by atoms with Crippen molar-refractivity contribution in [1.82, 2.24) is 29.0 Å². The van der Waals surface area contributed by atoms with Gasteiger partial charge in [-0.25, -0.2) is 9.97 Å². The predicted octanol–water partition coefficient (Wildman–Crippen LogP) is 4.51. The summed E-state index contributed by atoms with van der Waals surface area (Å²) in [6, 6.07) is 7.40. The van der Waals surface area contributed by atoms with Crippen molar-refractivity contribution in [1.29, 1.82) is 0 Å². The minimum absolute atomic E-state index is 0.0668. The third-order valence-electron chi connectivity index (χ3n) is 7.55. The Balaban J connectivity index is 1.44. The van der Waals surface area contributed by atoms with Gasteiger partial charge in [0.15, 0.2) is 0 Å². The third-order valence-corrected chi connectivity index (χ3v) is 7.55. The molecular weight excluding hydrogens is 400 g/mol. The van der Waals surface area contributed by atoms with Crippen LogP contribution in [-0.4, -0.2) is 49.1 Å². The van der Waals surface area contributed by atoms with E-state index in [4.69, 9.17) is 4.98 Å². The van der Waals surface area contributed by atoms with Crippen LogP contribution in [0.15, 0.2) is 41.8 Å². The quantitative estimate of drug-likeness (QED) is 0.519. The van der Waals surface area contributed by atoms with E-state index in [1.165, 1.54) is 43.9 Å². The second-order valence-corrected chi connectivity index (χ2v) is 9.56. The molecule has 0 unspecified atom stereocenters. The summed E-state index contributed by atoms with van der Waals surface area (Å²) in [4.78, 5) is 27.3. The topological polar surface area (TPSA) is 71.7 Å². The fourth-order valence-corrected chi connectivity index (χ4v) is 5.72. The maximum Gasteiger partial charge on any atom is 0.275 e. The van der Waals surface area contributed by atoms with Crippen molar-refractivity contribution >= 4 is 22.1 Å². The van der Waals surface area contributed by atoms with Crippen LogP contribution in [-0.2, 0) is 0 Å². The third kappa shape index (κ3) is 3.26. The number of hydrogen-bond acceptors (Lipinski definition) is 4. The Morgan fingerprint density at radius 2 is 1.75 bits per heavy atom. The highest BCUT2D eigenvalue weighted by Gasteiger charge is 2.24. The summed E-state index contributed by atoms with van der Waals surface area (Å²) in [5.74, 6) is 0. The summed E-state index contributed by atoms with van der Waals surface area (Å²) < 4.78 is 4.54. The monoisotopic (exact) mass is 430 g/mol. The lowest BCUT2D eigenvalue weighted by atomic mass is 9.95. The first-order valence-corrected chi connectivity index (χ1v) is 11.9. The van der Waals surface area contributed by atoms with Gasteiger partial charge in [0.05, 0.1) is 23.7 Å². The lowest BCUT2D eigenvalue weighted by Crippen LogP contribution is -2.31. The molecule has 6 rings (SSSR count). The maximum atomic E-state index is 12.8. The smallest absolute Gasteiger partial charge is 0.275 e. The number of piperidine rings is 1. The molecule has 2 aliphatic rings. The van der Waals surface area contributed by atoms with Crippen molar-refractivity contribution in [2.24, 2.45) is 0 Å². The molecule has 1 aromatic carbocycles. The van der Waals surface area contributed by atoms with E-state index >= 15 is 0 Å². The van der Waals surface area contributed by atoms with Crippen molar-refractivity contribution in [3.05, 3.63) is 47.4 Å². The summed E-state index contributed by atoms with van der Waals surface area (Å²) in [6.07, 6.45) is 14.2. The number of rotatable bonds is 3. The van der Waals surface area contributed by atoms with Gasteiger partial charge in [-0.3, -0.25) is 4.79 Å². The highest BCUT2D eigenvalue weighted by atomic mass is 16.1. The van der Waals surface area contributed by atoms with Gasteiger partial charge in [0, 0.05) is 23.8 Å². The normalized spacial score (nSPS) is 19.3. The van der Waals surface area contributed by atoms with Gasteiger partial charge in [0.1, 0.15) is 11.0 Å². The minimum Gasteiger partial charge on any atom is -0.338 e. The van der Waals surface area contributed by atoms with E-state index in [-0.39, 0.29) is 5.56 Å². The summed E-state index contributed by atoms with van der Waals surface area (Å²) in [7, 11) is 2.16. The van der Waals surface area contributed by atoms with E-state index in [9.17, 15) is 4.79 Å². The second-order valence-electron chi connectivity index (χ2n) is 9.56. The standard InChI is InChI=1S/C25H30N6O/c1-29-11-9-19(10-12-29)30-14-20(23-24(30)25(32)27-15-26-23)17-7-8-22-21(13-17)28-16-31(22)18-5-3-2-4-6-18/h7-8,13-16,18-19H,2-6,9-12H2,1H3,(H,26,27,32). The van der Waals surface area contributed by atoms with E-state index < -0.39 is 0 Å². The van der Waals surface area contributed by atoms with Crippen LogP contribution in [0.5, 0.6) is 0 Å². The molecule has 3 aromatic heterocycles. The number of nitrogens with zero attached hydrogens (tertiary/aromatic N) is 5. The first-order valence-electron chi connectivity index (χ1n) is 11.9. The molecule has 166 valence electrons. The number of imidazole rings is 1. The molecule has 1 aliphatic carbocycles. The Kier molecular flexibility index (Phi) is 4.86. The van der Waals surface area contributed by atoms with Crippen LogP contribution in [0.25, 0.3) is 33.2 Å². The van der Waals surface area contributed by atoms with Gasteiger partial charge >= 0.3 is 0 Å². The number of likely N-dealkylation sites (tertiary alicyclic amines) is 1. The number of fused-ring (bicyclic) bond motifs is 2. The molecule has 7 nitrogen and oxygen atoms in total. The summed E-state index contributed by atoms with van der Waals surface area (Å²) >= 11 is 0. The van der Waals surface area contributed by atoms with Crippen LogP contribution in [0, 0.1) is 0 Å². The molecule has 1 saturated carbocycles. The van der Waals surface area contributed by atoms with Crippen LogP contribution in [0.4, 0.5) is 0 Å². The Morgan fingerprint density at radius 3 is 2.56 bits per heavy atom. The lowest BCUT2D eigenvalue weighted by molar-refractivity contribution is 0.224. The largest absolute Gasteiger partial charge is 0.338 e. The zero-order chi connectivity index (χ0) is 21.7. The highest BCUT2D eigenvalue weighted by Crippen LogP contribution is 2.35. The van der Waals surface area contributed by atoms with Crippen LogP contribution in [0.3, 0.4) is 0 Å². The molecular formula is C25H30N6O.